The zero-order chi connectivity index (χ0) is 15.6. The molecule has 0 aromatic carbocycles. The molecule has 0 radical (unpaired) electrons. The molecule has 2 heterocycles. The number of piperazine rings is 1. The molecule has 21 heavy (non-hydrogen) atoms. The number of likely N-dealkylation sites (N-methyl/N-ethyl adjacent to an activating group) is 2. The summed E-state index contributed by atoms with van der Waals surface area (Å²) in [7, 11) is 4.03. The maximum Gasteiger partial charge on any atom is 0.416 e. The van der Waals surface area contributed by atoms with Crippen LogP contribution in [0.15, 0.2) is 12.1 Å². The van der Waals surface area contributed by atoms with E-state index in [1.54, 1.807) is 0 Å². The van der Waals surface area contributed by atoms with E-state index >= 15 is 0 Å². The van der Waals surface area contributed by atoms with E-state index in [4.69, 9.17) is 11.6 Å². The Balaban J connectivity index is 2.04. The minimum absolute atomic E-state index is 0.149. The molecule has 0 spiro atoms. The number of halogens is 4. The van der Waals surface area contributed by atoms with E-state index in [1.807, 2.05) is 14.1 Å². The summed E-state index contributed by atoms with van der Waals surface area (Å²) in [5.41, 5.74) is -0.792. The van der Waals surface area contributed by atoms with Crippen LogP contribution in [0, 0.1) is 0 Å². The highest BCUT2D eigenvalue weighted by atomic mass is 35.5. The van der Waals surface area contributed by atoms with Gasteiger partial charge in [-0.25, -0.2) is 4.98 Å². The van der Waals surface area contributed by atoms with Crippen molar-refractivity contribution >= 4 is 17.4 Å². The fraction of sp³-hybridized carbons (Fsp3) is 0.615. The SMILES string of the molecule is CN1CCN(C)C(CNc2cc(C(F)(F)F)cc(Cl)n2)C1. The van der Waals surface area contributed by atoms with Crippen molar-refractivity contribution in [3.63, 3.8) is 0 Å². The summed E-state index contributed by atoms with van der Waals surface area (Å²) in [6, 6.07) is 2.03. The monoisotopic (exact) mass is 322 g/mol. The smallest absolute Gasteiger partial charge is 0.368 e. The second kappa shape index (κ2) is 6.37. The first-order chi connectivity index (χ1) is 9.75. The molecule has 118 valence electrons. The molecule has 1 aliphatic heterocycles. The summed E-state index contributed by atoms with van der Waals surface area (Å²) in [4.78, 5) is 8.27. The number of aromatic nitrogens is 1. The summed E-state index contributed by atoms with van der Waals surface area (Å²) in [5, 5.41) is 2.79. The van der Waals surface area contributed by atoms with Gasteiger partial charge in [-0.2, -0.15) is 13.2 Å². The van der Waals surface area contributed by atoms with Crippen molar-refractivity contribution in [3.05, 3.63) is 22.8 Å². The zero-order valence-electron chi connectivity index (χ0n) is 11.9. The Morgan fingerprint density at radius 1 is 1.33 bits per heavy atom. The average Bonchev–Trinajstić information content (AvgIpc) is 2.38. The Morgan fingerprint density at radius 2 is 2.05 bits per heavy atom. The summed E-state index contributed by atoms with van der Waals surface area (Å²) >= 11 is 5.66. The van der Waals surface area contributed by atoms with Gasteiger partial charge in [-0.15, -0.1) is 0 Å². The normalized spacial score (nSPS) is 21.5. The molecule has 2 rings (SSSR count). The number of anilines is 1. The zero-order valence-corrected chi connectivity index (χ0v) is 12.7. The fourth-order valence-electron chi connectivity index (χ4n) is 2.30. The molecule has 1 saturated heterocycles. The van der Waals surface area contributed by atoms with Crippen LogP contribution in [0.2, 0.25) is 5.15 Å². The van der Waals surface area contributed by atoms with Crippen LogP contribution in [0.1, 0.15) is 5.56 Å². The third kappa shape index (κ3) is 4.46. The van der Waals surface area contributed by atoms with Gasteiger partial charge in [0.25, 0.3) is 0 Å². The molecule has 0 amide bonds. The van der Waals surface area contributed by atoms with Gasteiger partial charge in [0.15, 0.2) is 0 Å². The lowest BCUT2D eigenvalue weighted by Gasteiger charge is -2.37. The van der Waals surface area contributed by atoms with Gasteiger partial charge in [0, 0.05) is 32.2 Å². The van der Waals surface area contributed by atoms with Crippen LogP contribution >= 0.6 is 11.6 Å². The maximum absolute atomic E-state index is 12.7. The van der Waals surface area contributed by atoms with Crippen molar-refractivity contribution < 1.29 is 13.2 Å². The quantitative estimate of drug-likeness (QED) is 0.866. The first-order valence-electron chi connectivity index (χ1n) is 6.63. The lowest BCUT2D eigenvalue weighted by Crippen LogP contribution is -2.52. The van der Waals surface area contributed by atoms with Gasteiger partial charge in [0.2, 0.25) is 0 Å². The Hall–Kier alpha value is -1.05. The van der Waals surface area contributed by atoms with Crippen LogP contribution in [-0.2, 0) is 6.18 Å². The third-order valence-corrected chi connectivity index (χ3v) is 3.81. The number of nitrogens with zero attached hydrogens (tertiary/aromatic N) is 3. The van der Waals surface area contributed by atoms with Gasteiger partial charge in [-0.3, -0.25) is 4.90 Å². The van der Waals surface area contributed by atoms with Crippen molar-refractivity contribution in [3.8, 4) is 0 Å². The van der Waals surface area contributed by atoms with Gasteiger partial charge in [0.05, 0.1) is 5.56 Å². The van der Waals surface area contributed by atoms with Crippen LogP contribution in [0.5, 0.6) is 0 Å². The van der Waals surface area contributed by atoms with Crippen molar-refractivity contribution in [1.82, 2.24) is 14.8 Å². The van der Waals surface area contributed by atoms with Gasteiger partial charge in [-0.05, 0) is 26.2 Å². The van der Waals surface area contributed by atoms with E-state index in [-0.39, 0.29) is 17.0 Å². The second-order valence-corrected chi connectivity index (χ2v) is 5.73. The molecule has 1 N–H and O–H groups in total. The van der Waals surface area contributed by atoms with Gasteiger partial charge >= 0.3 is 6.18 Å². The summed E-state index contributed by atoms with van der Waals surface area (Å²) in [6.07, 6.45) is -4.43. The van der Waals surface area contributed by atoms with Crippen LogP contribution in [0.25, 0.3) is 0 Å². The van der Waals surface area contributed by atoms with Crippen LogP contribution in [-0.4, -0.2) is 61.1 Å². The van der Waals surface area contributed by atoms with Crippen LogP contribution in [0.4, 0.5) is 19.0 Å². The molecule has 1 aromatic rings. The molecule has 1 aliphatic rings. The Kier molecular flexibility index (Phi) is 4.95. The summed E-state index contributed by atoms with van der Waals surface area (Å²) < 4.78 is 38.2. The number of rotatable bonds is 3. The topological polar surface area (TPSA) is 31.4 Å². The number of pyridine rings is 1. The number of hydrogen-bond acceptors (Lipinski definition) is 4. The molecule has 1 unspecified atom stereocenters. The Morgan fingerprint density at radius 3 is 2.71 bits per heavy atom. The first kappa shape index (κ1) is 16.3. The number of nitrogens with one attached hydrogen (secondary N) is 1. The molecule has 4 nitrogen and oxygen atoms in total. The van der Waals surface area contributed by atoms with Gasteiger partial charge in [-0.1, -0.05) is 11.6 Å². The minimum Gasteiger partial charge on any atom is -0.368 e. The molecule has 0 aliphatic carbocycles. The number of hydrogen-bond donors (Lipinski definition) is 1. The van der Waals surface area contributed by atoms with E-state index in [1.165, 1.54) is 0 Å². The fourth-order valence-corrected chi connectivity index (χ4v) is 2.50. The van der Waals surface area contributed by atoms with Crippen molar-refractivity contribution in [2.45, 2.75) is 12.2 Å². The summed E-state index contributed by atoms with van der Waals surface area (Å²) in [6.45, 7) is 3.29. The van der Waals surface area contributed by atoms with Crippen LogP contribution < -0.4 is 5.32 Å². The standard InChI is InChI=1S/C13H18ClF3N4/c1-20-3-4-21(2)10(8-20)7-18-12-6-9(13(15,16)17)5-11(14)19-12/h5-6,10H,3-4,7-8H2,1-2H3,(H,18,19). The average molecular weight is 323 g/mol. The molecule has 1 atom stereocenters. The predicted octanol–water partition coefficient (Wildman–Crippen LogP) is 2.41. The maximum atomic E-state index is 12.7. The van der Waals surface area contributed by atoms with E-state index in [9.17, 15) is 13.2 Å². The third-order valence-electron chi connectivity index (χ3n) is 3.62. The van der Waals surface area contributed by atoms with Crippen LogP contribution in [0.3, 0.4) is 0 Å². The van der Waals surface area contributed by atoms with E-state index in [0.717, 1.165) is 31.8 Å². The van der Waals surface area contributed by atoms with Gasteiger partial charge < -0.3 is 10.2 Å². The van der Waals surface area contributed by atoms with E-state index in [0.29, 0.717) is 6.54 Å². The summed E-state index contributed by atoms with van der Waals surface area (Å²) in [5.74, 6) is 0.149. The van der Waals surface area contributed by atoms with E-state index < -0.39 is 11.7 Å². The predicted molar refractivity (Wildman–Crippen MR) is 76.7 cm³/mol. The molecule has 1 aromatic heterocycles. The lowest BCUT2D eigenvalue weighted by molar-refractivity contribution is -0.137. The highest BCUT2D eigenvalue weighted by Gasteiger charge is 2.31. The highest BCUT2D eigenvalue weighted by Crippen LogP contribution is 2.31. The molecular formula is C13H18ClF3N4. The molecule has 0 saturated carbocycles. The molecule has 8 heteroatoms. The van der Waals surface area contributed by atoms with Gasteiger partial charge in [0.1, 0.15) is 11.0 Å². The number of alkyl halides is 3. The molecule has 1 fully saturated rings. The highest BCUT2D eigenvalue weighted by molar-refractivity contribution is 6.29. The van der Waals surface area contributed by atoms with E-state index in [2.05, 4.69) is 20.1 Å². The molecular weight excluding hydrogens is 305 g/mol. The van der Waals surface area contributed by atoms with Crippen molar-refractivity contribution in [2.75, 3.05) is 45.6 Å². The largest absolute Gasteiger partial charge is 0.416 e. The Bertz CT molecular complexity index is 495. The molecule has 0 bridgehead atoms. The second-order valence-electron chi connectivity index (χ2n) is 5.34. The van der Waals surface area contributed by atoms with Crippen molar-refractivity contribution in [2.24, 2.45) is 0 Å². The minimum atomic E-state index is -4.43. The first-order valence-corrected chi connectivity index (χ1v) is 7.01. The lowest BCUT2D eigenvalue weighted by atomic mass is 10.2. The Labute approximate surface area is 126 Å². The van der Waals surface area contributed by atoms with Crippen molar-refractivity contribution in [1.29, 1.82) is 0 Å².